The molecule has 4 rings (SSSR count). The van der Waals surface area contributed by atoms with Crippen LogP contribution in [0.15, 0.2) is 64.2 Å². The van der Waals surface area contributed by atoms with Crippen molar-refractivity contribution in [2.45, 2.75) is 30.2 Å². The number of rotatable bonds is 5. The summed E-state index contributed by atoms with van der Waals surface area (Å²) in [5.74, 6) is 0.632. The highest BCUT2D eigenvalue weighted by Gasteiger charge is 2.29. The zero-order chi connectivity index (χ0) is 17.9. The van der Waals surface area contributed by atoms with Crippen LogP contribution in [0.1, 0.15) is 23.9 Å². The van der Waals surface area contributed by atoms with Gasteiger partial charge in [0.1, 0.15) is 0 Å². The van der Waals surface area contributed by atoms with Crippen LogP contribution in [0.4, 0.5) is 5.69 Å². The van der Waals surface area contributed by atoms with Gasteiger partial charge in [-0.3, -0.25) is 4.79 Å². The van der Waals surface area contributed by atoms with Crippen molar-refractivity contribution in [3.63, 3.8) is 0 Å². The minimum absolute atomic E-state index is 0.0720. The van der Waals surface area contributed by atoms with Crippen LogP contribution in [-0.2, 0) is 17.6 Å². The van der Waals surface area contributed by atoms with Crippen molar-refractivity contribution < 1.29 is 9.21 Å². The molecule has 5 nitrogen and oxygen atoms in total. The first-order valence-electron chi connectivity index (χ1n) is 8.63. The van der Waals surface area contributed by atoms with Gasteiger partial charge in [0, 0.05) is 12.2 Å². The standard InChI is InChI=1S/C20H19N3O2S/c1-14(19(24)23-12-11-16-9-5-6-10-17(16)23)26-20-22-21-18(25-20)13-15-7-3-2-4-8-15/h2-10,14H,11-13H2,1H3. The van der Waals surface area contributed by atoms with E-state index in [-0.39, 0.29) is 11.2 Å². The van der Waals surface area contributed by atoms with Gasteiger partial charge in [-0.05, 0) is 30.5 Å². The molecule has 2 heterocycles. The molecular weight excluding hydrogens is 346 g/mol. The SMILES string of the molecule is CC(Sc1nnc(Cc2ccccc2)o1)C(=O)N1CCc2ccccc21. The van der Waals surface area contributed by atoms with E-state index in [1.165, 1.54) is 17.3 Å². The number of thioether (sulfide) groups is 1. The Balaban J connectivity index is 1.41. The second-order valence-corrected chi connectivity index (χ2v) is 7.54. The number of carbonyl (C=O) groups is 1. The maximum atomic E-state index is 12.8. The number of nitrogens with zero attached hydrogens (tertiary/aromatic N) is 3. The van der Waals surface area contributed by atoms with Crippen molar-refractivity contribution in [3.05, 3.63) is 71.6 Å². The van der Waals surface area contributed by atoms with Crippen LogP contribution in [0.5, 0.6) is 0 Å². The number of benzene rings is 2. The molecule has 1 atom stereocenters. The molecule has 6 heteroatoms. The quantitative estimate of drug-likeness (QED) is 0.645. The number of fused-ring (bicyclic) bond motifs is 1. The lowest BCUT2D eigenvalue weighted by molar-refractivity contribution is -0.117. The van der Waals surface area contributed by atoms with Crippen molar-refractivity contribution in [2.24, 2.45) is 0 Å². The first-order chi connectivity index (χ1) is 12.7. The third kappa shape index (κ3) is 3.51. The lowest BCUT2D eigenvalue weighted by atomic mass is 10.2. The van der Waals surface area contributed by atoms with Gasteiger partial charge in [-0.15, -0.1) is 10.2 Å². The number of hydrogen-bond acceptors (Lipinski definition) is 5. The maximum Gasteiger partial charge on any atom is 0.277 e. The fourth-order valence-electron chi connectivity index (χ4n) is 3.12. The van der Waals surface area contributed by atoms with E-state index in [0.717, 1.165) is 24.2 Å². The van der Waals surface area contributed by atoms with Gasteiger partial charge in [0.2, 0.25) is 11.8 Å². The van der Waals surface area contributed by atoms with E-state index in [1.54, 1.807) is 0 Å². The summed E-state index contributed by atoms with van der Waals surface area (Å²) < 4.78 is 5.71. The molecule has 3 aromatic rings. The van der Waals surface area contributed by atoms with Gasteiger partial charge in [-0.1, -0.05) is 60.3 Å². The smallest absolute Gasteiger partial charge is 0.277 e. The van der Waals surface area contributed by atoms with Crippen LogP contribution in [0.2, 0.25) is 0 Å². The average molecular weight is 365 g/mol. The summed E-state index contributed by atoms with van der Waals surface area (Å²) in [4.78, 5) is 14.7. The molecule has 1 aromatic heterocycles. The molecular formula is C20H19N3O2S. The van der Waals surface area contributed by atoms with E-state index in [9.17, 15) is 4.79 Å². The Morgan fingerprint density at radius 1 is 1.15 bits per heavy atom. The zero-order valence-corrected chi connectivity index (χ0v) is 15.3. The molecule has 0 radical (unpaired) electrons. The highest BCUT2D eigenvalue weighted by molar-refractivity contribution is 8.00. The van der Waals surface area contributed by atoms with E-state index in [0.29, 0.717) is 17.5 Å². The minimum atomic E-state index is -0.286. The van der Waals surface area contributed by atoms with Gasteiger partial charge in [-0.25, -0.2) is 0 Å². The van der Waals surface area contributed by atoms with E-state index >= 15 is 0 Å². The predicted octanol–water partition coefficient (Wildman–Crippen LogP) is 3.73. The van der Waals surface area contributed by atoms with Crippen LogP contribution in [0.25, 0.3) is 0 Å². The van der Waals surface area contributed by atoms with Crippen LogP contribution in [0, 0.1) is 0 Å². The highest BCUT2D eigenvalue weighted by atomic mass is 32.2. The van der Waals surface area contributed by atoms with E-state index < -0.39 is 0 Å². The summed E-state index contributed by atoms with van der Waals surface area (Å²) in [6, 6.07) is 18.0. The molecule has 0 saturated heterocycles. The second kappa shape index (κ2) is 7.33. The molecule has 0 aliphatic carbocycles. The molecule has 0 bridgehead atoms. The Hall–Kier alpha value is -2.60. The van der Waals surface area contributed by atoms with Gasteiger partial charge in [-0.2, -0.15) is 0 Å². The molecule has 0 N–H and O–H groups in total. The number of aromatic nitrogens is 2. The summed E-state index contributed by atoms with van der Waals surface area (Å²) in [5, 5.41) is 8.32. The fraction of sp³-hybridized carbons (Fsp3) is 0.250. The van der Waals surface area contributed by atoms with E-state index in [4.69, 9.17) is 4.42 Å². The molecule has 2 aromatic carbocycles. The van der Waals surface area contributed by atoms with Crippen molar-refractivity contribution in [2.75, 3.05) is 11.4 Å². The van der Waals surface area contributed by atoms with Crippen molar-refractivity contribution >= 4 is 23.4 Å². The van der Waals surface area contributed by atoms with Crippen molar-refractivity contribution in [3.8, 4) is 0 Å². The van der Waals surface area contributed by atoms with Crippen LogP contribution >= 0.6 is 11.8 Å². The largest absolute Gasteiger partial charge is 0.416 e. The fourth-order valence-corrected chi connectivity index (χ4v) is 3.88. The monoisotopic (exact) mass is 365 g/mol. The Kier molecular flexibility index (Phi) is 4.75. The topological polar surface area (TPSA) is 59.2 Å². The van der Waals surface area contributed by atoms with Gasteiger partial charge in [0.25, 0.3) is 5.22 Å². The van der Waals surface area contributed by atoms with Gasteiger partial charge in [0.15, 0.2) is 0 Å². The first-order valence-corrected chi connectivity index (χ1v) is 9.51. The molecule has 26 heavy (non-hydrogen) atoms. The number of anilines is 1. The van der Waals surface area contributed by atoms with Gasteiger partial charge in [0.05, 0.1) is 11.7 Å². The Morgan fingerprint density at radius 3 is 2.77 bits per heavy atom. The van der Waals surface area contributed by atoms with Crippen LogP contribution < -0.4 is 4.90 Å². The van der Waals surface area contributed by atoms with Crippen molar-refractivity contribution in [1.29, 1.82) is 0 Å². The second-order valence-electron chi connectivity index (χ2n) is 6.25. The summed E-state index contributed by atoms with van der Waals surface area (Å²) in [6.07, 6.45) is 1.50. The Bertz CT molecular complexity index is 910. The third-order valence-corrected chi connectivity index (χ3v) is 5.35. The third-order valence-electron chi connectivity index (χ3n) is 4.43. The Morgan fingerprint density at radius 2 is 1.92 bits per heavy atom. The number of carbonyl (C=O) groups excluding carboxylic acids is 1. The lowest BCUT2D eigenvalue weighted by Crippen LogP contribution is -2.35. The average Bonchev–Trinajstić information content (AvgIpc) is 3.29. The molecule has 1 unspecified atom stereocenters. The predicted molar refractivity (Wildman–Crippen MR) is 101 cm³/mol. The molecule has 0 saturated carbocycles. The molecule has 1 amide bonds. The molecule has 1 aliphatic heterocycles. The Labute approximate surface area is 156 Å². The lowest BCUT2D eigenvalue weighted by Gasteiger charge is -2.20. The van der Waals surface area contributed by atoms with E-state index in [2.05, 4.69) is 16.3 Å². The number of amides is 1. The first kappa shape index (κ1) is 16.8. The highest BCUT2D eigenvalue weighted by Crippen LogP contribution is 2.31. The van der Waals surface area contributed by atoms with Crippen molar-refractivity contribution in [1.82, 2.24) is 10.2 Å². The maximum absolute atomic E-state index is 12.8. The summed E-state index contributed by atoms with van der Waals surface area (Å²) in [5.41, 5.74) is 3.35. The molecule has 132 valence electrons. The number of hydrogen-bond donors (Lipinski definition) is 0. The molecule has 0 spiro atoms. The van der Waals surface area contributed by atoms with Crippen LogP contribution in [0.3, 0.4) is 0 Å². The van der Waals surface area contributed by atoms with Gasteiger partial charge < -0.3 is 9.32 Å². The number of para-hydroxylation sites is 1. The summed E-state index contributed by atoms with van der Waals surface area (Å²) >= 11 is 1.31. The van der Waals surface area contributed by atoms with Gasteiger partial charge >= 0.3 is 0 Å². The van der Waals surface area contributed by atoms with E-state index in [1.807, 2.05) is 60.4 Å². The molecule has 0 fully saturated rings. The zero-order valence-electron chi connectivity index (χ0n) is 14.5. The minimum Gasteiger partial charge on any atom is -0.416 e. The summed E-state index contributed by atoms with van der Waals surface area (Å²) in [7, 11) is 0. The summed E-state index contributed by atoms with van der Waals surface area (Å²) in [6.45, 7) is 2.61. The normalized spacial score (nSPS) is 14.3. The van der Waals surface area contributed by atoms with Crippen LogP contribution in [-0.4, -0.2) is 27.9 Å². The molecule has 1 aliphatic rings.